The lowest BCUT2D eigenvalue weighted by Crippen LogP contribution is -2.21. The molecule has 4 nitrogen and oxygen atoms in total. The first-order valence-corrected chi connectivity index (χ1v) is 9.27. The summed E-state index contributed by atoms with van der Waals surface area (Å²) >= 11 is 6.45. The van der Waals surface area contributed by atoms with Crippen LogP contribution in [0.5, 0.6) is 11.5 Å². The lowest BCUT2D eigenvalue weighted by molar-refractivity contribution is 0.284. The molecule has 1 N–H and O–H groups in total. The standard InChI is InChI=1S/C21H29ClN2O2/c1-16-6-8-17(9-7-16)15-26-21-19(22)12-18(13-20(21)25-4)14-23-10-5-11-24(2)3/h6-9,12-13,23H,5,10-11,14-15H2,1-4H3. The minimum absolute atomic E-state index is 0.457. The fraction of sp³-hybridized carbons (Fsp3) is 0.429. The van der Waals surface area contributed by atoms with Crippen LogP contribution in [0.3, 0.4) is 0 Å². The van der Waals surface area contributed by atoms with Crippen molar-refractivity contribution in [2.45, 2.75) is 26.5 Å². The summed E-state index contributed by atoms with van der Waals surface area (Å²) in [6.45, 7) is 5.31. The largest absolute Gasteiger partial charge is 0.493 e. The van der Waals surface area contributed by atoms with Gasteiger partial charge in [0, 0.05) is 6.54 Å². The smallest absolute Gasteiger partial charge is 0.180 e. The molecule has 142 valence electrons. The molecule has 0 atom stereocenters. The quantitative estimate of drug-likeness (QED) is 0.627. The van der Waals surface area contributed by atoms with E-state index in [0.29, 0.717) is 23.1 Å². The number of nitrogens with zero attached hydrogens (tertiary/aromatic N) is 1. The summed E-state index contributed by atoms with van der Waals surface area (Å²) in [6.07, 6.45) is 1.11. The molecule has 2 aromatic rings. The third kappa shape index (κ3) is 6.52. The topological polar surface area (TPSA) is 33.7 Å². The first-order chi connectivity index (χ1) is 12.5. The van der Waals surface area contributed by atoms with Crippen LogP contribution in [0.4, 0.5) is 0 Å². The maximum absolute atomic E-state index is 6.45. The zero-order valence-electron chi connectivity index (χ0n) is 16.1. The Kier molecular flexibility index (Phi) is 8.23. The van der Waals surface area contributed by atoms with Crippen LogP contribution >= 0.6 is 11.6 Å². The normalized spacial score (nSPS) is 11.0. The Labute approximate surface area is 162 Å². The third-order valence-electron chi connectivity index (χ3n) is 4.08. The van der Waals surface area contributed by atoms with Crippen molar-refractivity contribution >= 4 is 11.6 Å². The van der Waals surface area contributed by atoms with Crippen LogP contribution in [0.1, 0.15) is 23.1 Å². The average Bonchev–Trinajstić information content (AvgIpc) is 2.61. The van der Waals surface area contributed by atoms with Crippen LogP contribution in [-0.4, -0.2) is 39.2 Å². The fourth-order valence-electron chi connectivity index (χ4n) is 2.61. The van der Waals surface area contributed by atoms with Gasteiger partial charge >= 0.3 is 0 Å². The van der Waals surface area contributed by atoms with Crippen LogP contribution in [0, 0.1) is 6.92 Å². The highest BCUT2D eigenvalue weighted by Crippen LogP contribution is 2.37. The van der Waals surface area contributed by atoms with Gasteiger partial charge in [0.25, 0.3) is 0 Å². The Bertz CT molecular complexity index is 687. The predicted octanol–water partition coefficient (Wildman–Crippen LogP) is 4.28. The van der Waals surface area contributed by atoms with Gasteiger partial charge in [0.1, 0.15) is 6.61 Å². The van der Waals surface area contributed by atoms with E-state index < -0.39 is 0 Å². The van der Waals surface area contributed by atoms with E-state index in [-0.39, 0.29) is 0 Å². The van der Waals surface area contributed by atoms with Gasteiger partial charge in [-0.15, -0.1) is 0 Å². The van der Waals surface area contributed by atoms with Gasteiger partial charge in [-0.1, -0.05) is 41.4 Å². The molecule has 0 aromatic heterocycles. The minimum atomic E-state index is 0.457. The van der Waals surface area contributed by atoms with Crippen molar-refractivity contribution in [2.24, 2.45) is 0 Å². The number of methoxy groups -OCH3 is 1. The summed E-state index contributed by atoms with van der Waals surface area (Å²) in [7, 11) is 5.80. The van der Waals surface area contributed by atoms with Crippen LogP contribution in [0.15, 0.2) is 36.4 Å². The number of hydrogen-bond acceptors (Lipinski definition) is 4. The highest BCUT2D eigenvalue weighted by molar-refractivity contribution is 6.32. The molecule has 0 fully saturated rings. The maximum Gasteiger partial charge on any atom is 0.180 e. The molecule has 0 aliphatic heterocycles. The number of benzene rings is 2. The Morgan fingerprint density at radius 3 is 2.46 bits per heavy atom. The second-order valence-corrected chi connectivity index (χ2v) is 7.12. The Morgan fingerprint density at radius 1 is 1.08 bits per heavy atom. The van der Waals surface area contributed by atoms with Gasteiger partial charge in [-0.2, -0.15) is 0 Å². The number of rotatable bonds is 10. The summed E-state index contributed by atoms with van der Waals surface area (Å²) in [5.41, 5.74) is 3.41. The molecule has 0 bridgehead atoms. The van der Waals surface area contributed by atoms with Crippen LogP contribution in [0.2, 0.25) is 5.02 Å². The maximum atomic E-state index is 6.45. The first kappa shape index (κ1) is 20.6. The van der Waals surface area contributed by atoms with Crippen molar-refractivity contribution in [3.8, 4) is 11.5 Å². The monoisotopic (exact) mass is 376 g/mol. The third-order valence-corrected chi connectivity index (χ3v) is 4.36. The zero-order chi connectivity index (χ0) is 18.9. The van der Waals surface area contributed by atoms with Crippen molar-refractivity contribution < 1.29 is 9.47 Å². The van der Waals surface area contributed by atoms with Gasteiger partial charge in [-0.3, -0.25) is 0 Å². The van der Waals surface area contributed by atoms with Crippen molar-refractivity contribution in [3.63, 3.8) is 0 Å². The minimum Gasteiger partial charge on any atom is -0.493 e. The predicted molar refractivity (Wildman–Crippen MR) is 108 cm³/mol. The number of halogens is 1. The van der Waals surface area contributed by atoms with E-state index in [9.17, 15) is 0 Å². The Balaban J connectivity index is 1.96. The lowest BCUT2D eigenvalue weighted by atomic mass is 10.1. The van der Waals surface area contributed by atoms with Crippen molar-refractivity contribution in [1.82, 2.24) is 10.2 Å². The number of hydrogen-bond donors (Lipinski definition) is 1. The molecule has 0 heterocycles. The summed E-state index contributed by atoms with van der Waals surface area (Å²) < 4.78 is 11.4. The van der Waals surface area contributed by atoms with Crippen LogP contribution < -0.4 is 14.8 Å². The molecule has 0 spiro atoms. The second kappa shape index (κ2) is 10.4. The van der Waals surface area contributed by atoms with E-state index in [4.69, 9.17) is 21.1 Å². The number of aryl methyl sites for hydroxylation is 1. The summed E-state index contributed by atoms with van der Waals surface area (Å²) in [6, 6.07) is 12.2. The summed E-state index contributed by atoms with van der Waals surface area (Å²) in [4.78, 5) is 2.18. The molecular weight excluding hydrogens is 348 g/mol. The molecule has 0 saturated heterocycles. The molecule has 2 rings (SSSR count). The van der Waals surface area contributed by atoms with Gasteiger partial charge in [0.15, 0.2) is 11.5 Å². The Morgan fingerprint density at radius 2 is 1.81 bits per heavy atom. The average molecular weight is 377 g/mol. The SMILES string of the molecule is COc1cc(CNCCCN(C)C)cc(Cl)c1OCc1ccc(C)cc1. The second-order valence-electron chi connectivity index (χ2n) is 6.72. The van der Waals surface area contributed by atoms with Gasteiger partial charge in [-0.25, -0.2) is 0 Å². The van der Waals surface area contributed by atoms with Crippen LogP contribution in [-0.2, 0) is 13.2 Å². The lowest BCUT2D eigenvalue weighted by Gasteiger charge is -2.15. The number of nitrogens with one attached hydrogen (secondary N) is 1. The molecule has 0 unspecified atom stereocenters. The summed E-state index contributed by atoms with van der Waals surface area (Å²) in [5.74, 6) is 1.25. The molecule has 0 saturated carbocycles. The molecule has 0 radical (unpaired) electrons. The highest BCUT2D eigenvalue weighted by Gasteiger charge is 2.12. The molecule has 0 amide bonds. The van der Waals surface area contributed by atoms with E-state index in [1.54, 1.807) is 7.11 Å². The zero-order valence-corrected chi connectivity index (χ0v) is 16.9. The summed E-state index contributed by atoms with van der Waals surface area (Å²) in [5, 5.41) is 4.01. The van der Waals surface area contributed by atoms with Gasteiger partial charge in [-0.05, 0) is 63.8 Å². The molecule has 0 aliphatic rings. The van der Waals surface area contributed by atoms with E-state index >= 15 is 0 Å². The first-order valence-electron chi connectivity index (χ1n) is 8.90. The van der Waals surface area contributed by atoms with Gasteiger partial charge in [0.2, 0.25) is 0 Å². The van der Waals surface area contributed by atoms with Crippen molar-refractivity contribution in [2.75, 3.05) is 34.3 Å². The highest BCUT2D eigenvalue weighted by atomic mass is 35.5. The van der Waals surface area contributed by atoms with Crippen molar-refractivity contribution in [1.29, 1.82) is 0 Å². The number of ether oxygens (including phenoxy) is 2. The van der Waals surface area contributed by atoms with Gasteiger partial charge < -0.3 is 19.7 Å². The molecule has 0 aliphatic carbocycles. The van der Waals surface area contributed by atoms with E-state index in [1.807, 2.05) is 12.1 Å². The molecule has 26 heavy (non-hydrogen) atoms. The van der Waals surface area contributed by atoms with Gasteiger partial charge in [0.05, 0.1) is 12.1 Å². The van der Waals surface area contributed by atoms with E-state index in [0.717, 1.165) is 37.2 Å². The molecule has 2 aromatic carbocycles. The van der Waals surface area contributed by atoms with E-state index in [1.165, 1.54) is 5.56 Å². The van der Waals surface area contributed by atoms with Crippen molar-refractivity contribution in [3.05, 3.63) is 58.1 Å². The molecular formula is C21H29ClN2O2. The fourth-order valence-corrected chi connectivity index (χ4v) is 2.90. The van der Waals surface area contributed by atoms with E-state index in [2.05, 4.69) is 55.5 Å². The Hall–Kier alpha value is -1.75. The van der Waals surface area contributed by atoms with Crippen LogP contribution in [0.25, 0.3) is 0 Å². The molecule has 5 heteroatoms.